The molecule has 21 heavy (non-hydrogen) atoms. The smallest absolute Gasteiger partial charge is 0.300 e. The number of nitrogens with zero attached hydrogens (tertiary/aromatic N) is 1. The maximum absolute atomic E-state index is 12.4. The minimum atomic E-state index is -6.35. The van der Waals surface area contributed by atoms with Gasteiger partial charge in [-0.1, -0.05) is 0 Å². The minimum Gasteiger partial charge on any atom is -0.300 e. The fourth-order valence-corrected chi connectivity index (χ4v) is 0.456. The highest BCUT2D eigenvalue weighted by Gasteiger charge is 2.75. The summed E-state index contributed by atoms with van der Waals surface area (Å²) in [5.74, 6) is -5.87. The van der Waals surface area contributed by atoms with Crippen LogP contribution < -0.4 is 0 Å². The molecular weight excluding hydrogens is 339 g/mol. The molecule has 1 unspecified atom stereocenters. The first-order valence-electron chi connectivity index (χ1n) is 3.90. The van der Waals surface area contributed by atoms with Crippen LogP contribution in [0.2, 0.25) is 0 Å². The summed E-state index contributed by atoms with van der Waals surface area (Å²) in [6.07, 6.45) is -13.9. The number of hydrogen-bond acceptors (Lipinski definition) is 3. The van der Waals surface area contributed by atoms with Crippen molar-refractivity contribution in [2.24, 2.45) is 0 Å². The summed E-state index contributed by atoms with van der Waals surface area (Å²) in [7, 11) is 0. The van der Waals surface area contributed by atoms with Crippen LogP contribution >= 0.6 is 0 Å². The van der Waals surface area contributed by atoms with Gasteiger partial charge in [0.2, 0.25) is 0 Å². The van der Waals surface area contributed by atoms with E-state index in [2.05, 4.69) is 11.3 Å². The van der Waals surface area contributed by atoms with Gasteiger partial charge in [-0.3, -0.25) is 4.74 Å². The lowest BCUT2D eigenvalue weighted by atomic mass is 10.3. The highest BCUT2D eigenvalue weighted by atomic mass is 19.4. The zero-order valence-electron chi connectivity index (χ0n) is 9.34. The van der Waals surface area contributed by atoms with Crippen molar-refractivity contribution in [1.82, 2.24) is 0 Å². The summed E-state index contributed by atoms with van der Waals surface area (Å²) in [5, 5.41) is 6.65. The average Bonchev–Trinajstić information content (AvgIpc) is 2.27. The van der Waals surface area contributed by atoms with Crippen molar-refractivity contribution in [2.75, 3.05) is 6.86 Å². The first-order valence-corrected chi connectivity index (χ1v) is 3.90. The molecule has 3 nitrogen and oxygen atoms in total. The monoisotopic (exact) mass is 343 g/mol. The van der Waals surface area contributed by atoms with Crippen molar-refractivity contribution in [3.05, 3.63) is 12.7 Å². The van der Waals surface area contributed by atoms with Gasteiger partial charge in [0.05, 0.1) is 0 Å². The molecule has 0 aromatic rings. The van der Waals surface area contributed by atoms with Gasteiger partial charge in [0.1, 0.15) is 0 Å². The Morgan fingerprint density at radius 3 is 1.52 bits per heavy atom. The fourth-order valence-electron chi connectivity index (χ4n) is 0.456. The van der Waals surface area contributed by atoms with E-state index >= 15 is 0 Å². The Labute approximate surface area is 109 Å². The Bertz CT molecular complexity index is 334. The molecule has 0 rings (SSSR count). The fraction of sp³-hybridized carbons (Fsp3) is 0.571. The van der Waals surface area contributed by atoms with Gasteiger partial charge in [-0.15, -0.1) is 9.33 Å². The van der Waals surface area contributed by atoms with E-state index in [1.165, 1.54) is 4.94 Å². The van der Waals surface area contributed by atoms with E-state index in [4.69, 9.17) is 5.26 Å². The van der Waals surface area contributed by atoms with Gasteiger partial charge in [0.25, 0.3) is 12.4 Å². The van der Waals surface area contributed by atoms with Crippen LogP contribution in [0, 0.1) is 11.6 Å². The van der Waals surface area contributed by atoms with Crippen molar-refractivity contribution in [1.29, 1.82) is 5.26 Å². The number of halogens is 11. The molecule has 0 aliphatic heterocycles. The van der Waals surface area contributed by atoms with Gasteiger partial charge < -0.3 is 0 Å². The van der Waals surface area contributed by atoms with Gasteiger partial charge in [-0.25, -0.2) is 4.39 Å². The number of nitriles is 1. The van der Waals surface area contributed by atoms with Crippen LogP contribution in [0.4, 0.5) is 48.4 Å². The molecule has 0 aromatic carbocycles. The Kier molecular flexibility index (Phi) is 11.8. The number of alkyl halides is 7. The van der Waals surface area contributed by atoms with Crippen molar-refractivity contribution in [3.8, 4) is 6.32 Å². The molecular formula is C7H4F11NO2. The van der Waals surface area contributed by atoms with Gasteiger partial charge in [-0.05, 0) is 11.1 Å². The van der Waals surface area contributed by atoms with Crippen LogP contribution in [0.3, 0.4) is 0 Å². The second-order valence-corrected chi connectivity index (χ2v) is 2.36. The summed E-state index contributed by atoms with van der Waals surface area (Å²) in [5.41, 5.74) is 0. The van der Waals surface area contributed by atoms with Gasteiger partial charge in [0, 0.05) is 0 Å². The van der Waals surface area contributed by atoms with Crippen LogP contribution in [0.15, 0.2) is 12.7 Å². The molecule has 1 atom stereocenters. The topological polar surface area (TPSA) is 42.2 Å². The highest BCUT2D eigenvalue weighted by Crippen LogP contribution is 2.46. The highest BCUT2D eigenvalue weighted by molar-refractivity contribution is 4.85. The lowest BCUT2D eigenvalue weighted by molar-refractivity contribution is -0.500. The zero-order chi connectivity index (χ0) is 17.9. The predicted octanol–water partition coefficient (Wildman–Crippen LogP) is 4.49. The maximum atomic E-state index is 12.4. The number of ether oxygens (including phenoxy) is 1. The van der Waals surface area contributed by atoms with Crippen LogP contribution in [0.25, 0.3) is 0 Å². The SMILES string of the molecule is C=C(F)F.FCOC(F)(C(F)(F)F)C(F)(F)OF.N#CF. The second kappa shape index (κ2) is 10.2. The van der Waals surface area contributed by atoms with E-state index < -0.39 is 31.1 Å². The van der Waals surface area contributed by atoms with Crippen molar-refractivity contribution < 1.29 is 58.1 Å². The number of hydrogen-bond donors (Lipinski definition) is 0. The maximum Gasteiger partial charge on any atom is 0.458 e. The summed E-state index contributed by atoms with van der Waals surface area (Å²) in [4.78, 5) is 1.46. The summed E-state index contributed by atoms with van der Waals surface area (Å²) < 4.78 is 125. The lowest BCUT2D eigenvalue weighted by Gasteiger charge is -2.29. The van der Waals surface area contributed by atoms with Crippen LogP contribution in [-0.4, -0.2) is 25.0 Å². The Morgan fingerprint density at radius 2 is 1.38 bits per heavy atom. The van der Waals surface area contributed by atoms with Gasteiger partial charge >= 0.3 is 18.1 Å². The quantitative estimate of drug-likeness (QED) is 0.707. The zero-order valence-corrected chi connectivity index (χ0v) is 9.34. The molecule has 0 aliphatic rings. The van der Waals surface area contributed by atoms with Crippen molar-refractivity contribution in [2.45, 2.75) is 18.1 Å². The minimum absolute atomic E-state index is 0.250. The van der Waals surface area contributed by atoms with E-state index in [-0.39, 0.29) is 6.32 Å². The average molecular weight is 343 g/mol. The van der Waals surface area contributed by atoms with E-state index in [1.807, 2.05) is 0 Å². The third-order valence-corrected chi connectivity index (χ3v) is 1.09. The third kappa shape index (κ3) is 9.02. The molecule has 0 heterocycles. The van der Waals surface area contributed by atoms with Crippen molar-refractivity contribution >= 4 is 0 Å². The molecule has 0 saturated heterocycles. The second-order valence-electron chi connectivity index (χ2n) is 2.36. The molecule has 0 N–H and O–H groups in total. The first kappa shape index (κ1) is 24.4. The summed E-state index contributed by atoms with van der Waals surface area (Å²) >= 11 is 0. The molecule has 0 aliphatic carbocycles. The molecule has 0 saturated carbocycles. The Morgan fingerprint density at radius 1 is 1.10 bits per heavy atom. The summed E-state index contributed by atoms with van der Waals surface area (Å²) in [6.45, 7) is -0.311. The van der Waals surface area contributed by atoms with E-state index in [0.29, 0.717) is 0 Å². The Hall–Kier alpha value is -1.62. The van der Waals surface area contributed by atoms with Crippen LogP contribution in [0.5, 0.6) is 0 Å². The molecule has 0 amide bonds. The standard InChI is InChI=1S/C4H2F8O2.C2H2F2.CFN/c5-1-13-2(6,3(7,8)9)4(10,11)14-12;1-2(3)4;2-1-3/h1H2;1H2;. The van der Waals surface area contributed by atoms with E-state index in [1.54, 1.807) is 0 Å². The largest absolute Gasteiger partial charge is 0.458 e. The molecule has 0 spiro atoms. The molecule has 0 bridgehead atoms. The van der Waals surface area contributed by atoms with Gasteiger partial charge in [0.15, 0.2) is 6.86 Å². The molecule has 0 fully saturated rings. The van der Waals surface area contributed by atoms with E-state index in [0.717, 1.165) is 0 Å². The number of rotatable bonds is 4. The van der Waals surface area contributed by atoms with Crippen LogP contribution in [0.1, 0.15) is 0 Å². The lowest BCUT2D eigenvalue weighted by Crippen LogP contribution is -2.57. The molecule has 126 valence electrons. The van der Waals surface area contributed by atoms with Crippen molar-refractivity contribution in [3.63, 3.8) is 0 Å². The Balaban J connectivity index is -0.000000386. The first-order chi connectivity index (χ1) is 9.27. The van der Waals surface area contributed by atoms with Gasteiger partial charge in [-0.2, -0.15) is 40.4 Å². The van der Waals surface area contributed by atoms with Crippen LogP contribution in [-0.2, 0) is 9.68 Å². The predicted molar refractivity (Wildman–Crippen MR) is 42.2 cm³/mol. The molecule has 0 radical (unpaired) electrons. The molecule has 0 aromatic heterocycles. The molecule has 14 heteroatoms. The normalized spacial score (nSPS) is 13.6. The third-order valence-electron chi connectivity index (χ3n) is 1.09. The van der Waals surface area contributed by atoms with E-state index in [9.17, 15) is 48.4 Å². The summed E-state index contributed by atoms with van der Waals surface area (Å²) in [6, 6.07) is 0.